The third-order valence-electron chi connectivity index (χ3n) is 8.80. The van der Waals surface area contributed by atoms with Crippen molar-refractivity contribution in [3.8, 4) is 6.01 Å². The van der Waals surface area contributed by atoms with E-state index in [0.29, 0.717) is 41.4 Å². The number of ether oxygens (including phenoxy) is 2. The van der Waals surface area contributed by atoms with Crippen molar-refractivity contribution >= 4 is 38.7 Å². The van der Waals surface area contributed by atoms with Crippen molar-refractivity contribution in [2.75, 3.05) is 37.7 Å². The minimum absolute atomic E-state index is 0.0189. The molecule has 4 heterocycles. The highest BCUT2D eigenvalue weighted by Crippen LogP contribution is 2.47. The van der Waals surface area contributed by atoms with Crippen LogP contribution >= 0.6 is 15.9 Å². The van der Waals surface area contributed by atoms with Crippen LogP contribution in [0.2, 0.25) is 0 Å². The number of halogens is 2. The first-order valence-corrected chi connectivity index (χ1v) is 15.1. The number of hydrogen-bond donors (Lipinski definition) is 0. The number of anilines is 1. The molecule has 1 amide bonds. The minimum atomic E-state index is -0.542. The molecule has 3 atom stereocenters. The SMILES string of the molecule is C[C@H]1CCCN1CC1(COc2nc(N3CC4CCC(C3)N4C(=O)OC(C)(C)C)c3ccc(Br)c(F)c3n2)CC1. The molecule has 1 aliphatic carbocycles. The number of rotatable bonds is 6. The van der Waals surface area contributed by atoms with Crippen LogP contribution in [0.4, 0.5) is 15.0 Å². The van der Waals surface area contributed by atoms with E-state index in [4.69, 9.17) is 14.5 Å². The molecule has 1 aromatic heterocycles. The summed E-state index contributed by atoms with van der Waals surface area (Å²) in [4.78, 5) is 29.0. The number of benzene rings is 1. The Morgan fingerprint density at radius 1 is 1.15 bits per heavy atom. The molecule has 2 bridgehead atoms. The Bertz CT molecular complexity index is 1250. The van der Waals surface area contributed by atoms with E-state index in [1.807, 2.05) is 31.7 Å². The van der Waals surface area contributed by atoms with Crippen molar-refractivity contribution in [1.29, 1.82) is 0 Å². The van der Waals surface area contributed by atoms with Gasteiger partial charge in [0.15, 0.2) is 5.82 Å². The zero-order valence-electron chi connectivity index (χ0n) is 23.4. The summed E-state index contributed by atoms with van der Waals surface area (Å²) in [6, 6.07) is 4.44. The summed E-state index contributed by atoms with van der Waals surface area (Å²) < 4.78 is 27.7. The summed E-state index contributed by atoms with van der Waals surface area (Å²) in [6.45, 7) is 11.9. The average Bonchev–Trinajstić information content (AvgIpc) is 3.45. The van der Waals surface area contributed by atoms with Crippen molar-refractivity contribution in [2.45, 2.75) is 89.9 Å². The minimum Gasteiger partial charge on any atom is -0.463 e. The lowest BCUT2D eigenvalue weighted by molar-refractivity contribution is 0.0123. The number of piperazine rings is 1. The predicted molar refractivity (Wildman–Crippen MR) is 152 cm³/mol. The van der Waals surface area contributed by atoms with Crippen LogP contribution in [0.3, 0.4) is 0 Å². The van der Waals surface area contributed by atoms with Crippen LogP contribution in [0.1, 0.15) is 66.2 Å². The molecule has 4 aliphatic rings. The zero-order valence-corrected chi connectivity index (χ0v) is 25.0. The van der Waals surface area contributed by atoms with Crippen molar-refractivity contribution in [2.24, 2.45) is 5.41 Å². The number of hydrogen-bond acceptors (Lipinski definition) is 7. The summed E-state index contributed by atoms with van der Waals surface area (Å²) in [6.07, 6.45) is 6.33. The van der Waals surface area contributed by atoms with Gasteiger partial charge in [-0.1, -0.05) is 0 Å². The number of carbonyl (C=O) groups is 1. The van der Waals surface area contributed by atoms with Gasteiger partial charge in [-0.3, -0.25) is 9.80 Å². The van der Waals surface area contributed by atoms with Crippen LogP contribution in [0.5, 0.6) is 6.01 Å². The summed E-state index contributed by atoms with van der Waals surface area (Å²) >= 11 is 3.32. The number of amides is 1. The van der Waals surface area contributed by atoms with Gasteiger partial charge in [0.2, 0.25) is 0 Å². The van der Waals surface area contributed by atoms with Crippen LogP contribution < -0.4 is 9.64 Å². The molecule has 0 spiro atoms. The van der Waals surface area contributed by atoms with E-state index in [1.54, 1.807) is 6.07 Å². The molecule has 3 aliphatic heterocycles. The number of carbonyl (C=O) groups excluding carboxylic acids is 1. The highest BCUT2D eigenvalue weighted by Gasteiger charge is 2.47. The van der Waals surface area contributed by atoms with E-state index in [0.717, 1.165) is 38.8 Å². The smallest absolute Gasteiger partial charge is 0.410 e. The lowest BCUT2D eigenvalue weighted by atomic mass is 10.1. The maximum atomic E-state index is 15.3. The van der Waals surface area contributed by atoms with Crippen LogP contribution in [-0.2, 0) is 4.74 Å². The lowest BCUT2D eigenvalue weighted by Crippen LogP contribution is -2.57. The largest absolute Gasteiger partial charge is 0.463 e. The molecule has 6 rings (SSSR count). The number of aromatic nitrogens is 2. The number of fused-ring (bicyclic) bond motifs is 3. The van der Waals surface area contributed by atoms with Crippen LogP contribution in [-0.4, -0.2) is 82.4 Å². The summed E-state index contributed by atoms with van der Waals surface area (Å²) in [5.74, 6) is 0.253. The average molecular weight is 605 g/mol. The van der Waals surface area contributed by atoms with Gasteiger partial charge in [-0.05, 0) is 101 Å². The molecular weight excluding hydrogens is 565 g/mol. The second kappa shape index (κ2) is 10.0. The zero-order chi connectivity index (χ0) is 27.5. The molecule has 8 nitrogen and oxygen atoms in total. The first kappa shape index (κ1) is 27.0. The van der Waals surface area contributed by atoms with Gasteiger partial charge in [0.05, 0.1) is 23.2 Å². The molecule has 212 valence electrons. The molecule has 2 aromatic rings. The van der Waals surface area contributed by atoms with E-state index in [9.17, 15) is 4.79 Å². The monoisotopic (exact) mass is 603 g/mol. The fourth-order valence-corrected chi connectivity index (χ4v) is 6.82. The maximum Gasteiger partial charge on any atom is 0.410 e. The molecule has 4 fully saturated rings. The van der Waals surface area contributed by atoms with Crippen LogP contribution in [0.25, 0.3) is 10.9 Å². The summed E-state index contributed by atoms with van der Waals surface area (Å²) in [7, 11) is 0. The predicted octanol–water partition coefficient (Wildman–Crippen LogP) is 5.76. The molecule has 3 saturated heterocycles. The normalized spacial score (nSPS) is 26.4. The van der Waals surface area contributed by atoms with E-state index in [2.05, 4.69) is 37.6 Å². The quantitative estimate of drug-likeness (QED) is 0.415. The van der Waals surface area contributed by atoms with Crippen molar-refractivity contribution in [3.05, 3.63) is 22.4 Å². The Kier molecular flexibility index (Phi) is 6.93. The van der Waals surface area contributed by atoms with Gasteiger partial charge in [-0.15, -0.1) is 0 Å². The molecule has 39 heavy (non-hydrogen) atoms. The van der Waals surface area contributed by atoms with E-state index in [-0.39, 0.29) is 35.1 Å². The lowest BCUT2D eigenvalue weighted by Gasteiger charge is -2.42. The van der Waals surface area contributed by atoms with Gasteiger partial charge >= 0.3 is 12.1 Å². The number of likely N-dealkylation sites (tertiary alicyclic amines) is 1. The number of nitrogens with zero attached hydrogens (tertiary/aromatic N) is 5. The fourth-order valence-electron chi connectivity index (χ4n) is 6.50. The second-order valence-electron chi connectivity index (χ2n) is 13.0. The molecule has 10 heteroatoms. The van der Waals surface area contributed by atoms with E-state index >= 15 is 4.39 Å². The Morgan fingerprint density at radius 2 is 1.87 bits per heavy atom. The molecule has 0 N–H and O–H groups in total. The van der Waals surface area contributed by atoms with Crippen LogP contribution in [0.15, 0.2) is 16.6 Å². The van der Waals surface area contributed by atoms with E-state index < -0.39 is 11.4 Å². The van der Waals surface area contributed by atoms with Crippen molar-refractivity contribution < 1.29 is 18.7 Å². The second-order valence-corrected chi connectivity index (χ2v) is 13.9. The third-order valence-corrected chi connectivity index (χ3v) is 9.41. The molecular formula is C29H39BrFN5O3. The highest BCUT2D eigenvalue weighted by atomic mass is 79.9. The molecule has 1 aromatic carbocycles. The Hall–Kier alpha value is -2.20. The Morgan fingerprint density at radius 3 is 2.49 bits per heavy atom. The van der Waals surface area contributed by atoms with E-state index in [1.165, 1.54) is 12.8 Å². The van der Waals surface area contributed by atoms with Crippen molar-refractivity contribution in [3.63, 3.8) is 0 Å². The Labute approximate surface area is 238 Å². The maximum absolute atomic E-state index is 15.3. The molecule has 0 radical (unpaired) electrons. The molecule has 2 unspecified atom stereocenters. The standard InChI is InChI=1S/C29H39BrFN5O3/c1-18-6-5-13-34(18)16-29(11-12-29)17-38-26-32-24-21(9-10-22(30)23(24)31)25(33-26)35-14-19-7-8-20(15-35)36(19)27(37)39-28(2,3)4/h9-10,18-20H,5-8,11-17H2,1-4H3/t18-,19?,20?/m0/s1. The fraction of sp³-hybridized carbons (Fsp3) is 0.690. The topological polar surface area (TPSA) is 71.0 Å². The van der Waals surface area contributed by atoms with Gasteiger partial charge < -0.3 is 14.4 Å². The van der Waals surface area contributed by atoms with Crippen molar-refractivity contribution in [1.82, 2.24) is 19.8 Å². The Balaban J connectivity index is 1.25. The van der Waals surface area contributed by atoms with Gasteiger partial charge in [0.25, 0.3) is 0 Å². The summed E-state index contributed by atoms with van der Waals surface area (Å²) in [5, 5.41) is 0.653. The van der Waals surface area contributed by atoms with Gasteiger partial charge in [0, 0.05) is 36.5 Å². The van der Waals surface area contributed by atoms with Gasteiger partial charge in [0.1, 0.15) is 16.9 Å². The summed E-state index contributed by atoms with van der Waals surface area (Å²) in [5.41, 5.74) is -0.158. The molecule has 1 saturated carbocycles. The van der Waals surface area contributed by atoms with Crippen LogP contribution in [0, 0.1) is 11.2 Å². The highest BCUT2D eigenvalue weighted by molar-refractivity contribution is 9.10. The van der Waals surface area contributed by atoms with Gasteiger partial charge in [-0.25, -0.2) is 9.18 Å². The third kappa shape index (κ3) is 5.43. The first-order valence-electron chi connectivity index (χ1n) is 14.3. The first-order chi connectivity index (χ1) is 18.5. The van der Waals surface area contributed by atoms with Gasteiger partial charge in [-0.2, -0.15) is 9.97 Å².